The van der Waals surface area contributed by atoms with Crippen molar-refractivity contribution >= 4 is 5.97 Å². The lowest BCUT2D eigenvalue weighted by Gasteiger charge is -2.20. The van der Waals surface area contributed by atoms with Crippen molar-refractivity contribution in [3.8, 4) is 0 Å². The summed E-state index contributed by atoms with van der Waals surface area (Å²) >= 11 is 0. The standard InChI is InChI=1S/C14H21NO4/c1-14(2)6-9-5-10(13(16)17)15(11(9)7-14)8-12(18-3)19-4/h5,12H,6-8H2,1-4H3,(H,16,17). The zero-order valence-corrected chi connectivity index (χ0v) is 11.9. The number of nitrogens with zero attached hydrogens (tertiary/aromatic N) is 1. The predicted octanol–water partition coefficient (Wildman–Crippen LogP) is 1.93. The van der Waals surface area contributed by atoms with Crippen molar-refractivity contribution in [1.29, 1.82) is 0 Å². The van der Waals surface area contributed by atoms with E-state index in [1.165, 1.54) is 0 Å². The van der Waals surface area contributed by atoms with E-state index < -0.39 is 12.3 Å². The molecule has 0 spiro atoms. The minimum atomic E-state index is -0.904. The van der Waals surface area contributed by atoms with Crippen LogP contribution in [0.15, 0.2) is 6.07 Å². The second-order valence-corrected chi connectivity index (χ2v) is 5.84. The van der Waals surface area contributed by atoms with Crippen molar-refractivity contribution in [1.82, 2.24) is 4.57 Å². The van der Waals surface area contributed by atoms with E-state index in [0.717, 1.165) is 24.1 Å². The summed E-state index contributed by atoms with van der Waals surface area (Å²) in [5.74, 6) is -0.904. The molecule has 1 aromatic heterocycles. The summed E-state index contributed by atoms with van der Waals surface area (Å²) < 4.78 is 12.2. The average molecular weight is 267 g/mol. The lowest BCUT2D eigenvalue weighted by Crippen LogP contribution is -2.25. The number of hydrogen-bond acceptors (Lipinski definition) is 3. The highest BCUT2D eigenvalue weighted by Gasteiger charge is 2.34. The molecule has 0 aromatic carbocycles. The molecular formula is C14H21NO4. The Morgan fingerprint density at radius 1 is 1.42 bits per heavy atom. The molecule has 1 aliphatic carbocycles. The molecule has 0 atom stereocenters. The molecule has 1 N–H and O–H groups in total. The van der Waals surface area contributed by atoms with E-state index in [1.54, 1.807) is 20.3 Å². The Labute approximate surface area is 113 Å². The molecule has 0 saturated carbocycles. The maximum atomic E-state index is 11.3. The van der Waals surface area contributed by atoms with Gasteiger partial charge >= 0.3 is 5.97 Å². The SMILES string of the molecule is COC(Cn1c(C(=O)O)cc2c1CC(C)(C)C2)OC. The second-order valence-electron chi connectivity index (χ2n) is 5.84. The number of carboxylic acid groups (broad SMARTS) is 1. The van der Waals surface area contributed by atoms with Crippen LogP contribution in [0.1, 0.15) is 35.6 Å². The van der Waals surface area contributed by atoms with E-state index in [1.807, 2.05) is 4.57 Å². The maximum Gasteiger partial charge on any atom is 0.352 e. The fourth-order valence-corrected chi connectivity index (χ4v) is 2.82. The predicted molar refractivity (Wildman–Crippen MR) is 70.4 cm³/mol. The van der Waals surface area contributed by atoms with Crippen LogP contribution in [0.4, 0.5) is 0 Å². The third kappa shape index (κ3) is 2.67. The molecule has 1 aromatic rings. The van der Waals surface area contributed by atoms with Crippen molar-refractivity contribution in [2.75, 3.05) is 14.2 Å². The van der Waals surface area contributed by atoms with Crippen LogP contribution in [0.3, 0.4) is 0 Å². The van der Waals surface area contributed by atoms with Gasteiger partial charge in [0.05, 0.1) is 6.54 Å². The number of hydrogen-bond donors (Lipinski definition) is 1. The molecule has 0 radical (unpaired) electrons. The highest BCUT2D eigenvalue weighted by atomic mass is 16.7. The van der Waals surface area contributed by atoms with E-state index in [4.69, 9.17) is 9.47 Å². The second kappa shape index (κ2) is 4.98. The molecule has 0 fully saturated rings. The van der Waals surface area contributed by atoms with Gasteiger partial charge < -0.3 is 19.1 Å². The molecule has 5 nitrogen and oxygen atoms in total. The number of aromatic carboxylic acids is 1. The largest absolute Gasteiger partial charge is 0.477 e. The van der Waals surface area contributed by atoms with Gasteiger partial charge in [-0.25, -0.2) is 4.79 Å². The zero-order valence-electron chi connectivity index (χ0n) is 11.9. The van der Waals surface area contributed by atoms with Crippen LogP contribution < -0.4 is 0 Å². The Hall–Kier alpha value is -1.33. The lowest BCUT2D eigenvalue weighted by molar-refractivity contribution is -0.111. The fourth-order valence-electron chi connectivity index (χ4n) is 2.82. The highest BCUT2D eigenvalue weighted by Crippen LogP contribution is 2.38. The Morgan fingerprint density at radius 2 is 2.05 bits per heavy atom. The molecule has 1 aliphatic rings. The van der Waals surface area contributed by atoms with Gasteiger partial charge in [-0.1, -0.05) is 13.8 Å². The molecule has 0 bridgehead atoms. The first-order valence-corrected chi connectivity index (χ1v) is 6.38. The molecular weight excluding hydrogens is 246 g/mol. The summed E-state index contributed by atoms with van der Waals surface area (Å²) in [4.78, 5) is 11.3. The molecule has 106 valence electrons. The number of carbonyl (C=O) groups is 1. The third-order valence-electron chi connectivity index (χ3n) is 3.69. The highest BCUT2D eigenvalue weighted by molar-refractivity contribution is 5.86. The molecule has 0 amide bonds. The van der Waals surface area contributed by atoms with Gasteiger partial charge in [0.25, 0.3) is 0 Å². The summed E-state index contributed by atoms with van der Waals surface area (Å²) in [5, 5.41) is 9.31. The Kier molecular flexibility index (Phi) is 3.69. The Bertz CT molecular complexity index is 486. The van der Waals surface area contributed by atoms with Crippen LogP contribution in [0.2, 0.25) is 0 Å². The van der Waals surface area contributed by atoms with E-state index in [2.05, 4.69) is 13.8 Å². The van der Waals surface area contributed by atoms with Crippen molar-refractivity contribution < 1.29 is 19.4 Å². The summed E-state index contributed by atoms with van der Waals surface area (Å²) in [6, 6.07) is 1.79. The van der Waals surface area contributed by atoms with Gasteiger partial charge in [0.2, 0.25) is 0 Å². The van der Waals surface area contributed by atoms with Crippen molar-refractivity contribution in [2.45, 2.75) is 39.5 Å². The molecule has 2 rings (SSSR count). The summed E-state index contributed by atoms with van der Waals surface area (Å²) in [5.41, 5.74) is 2.74. The smallest absolute Gasteiger partial charge is 0.352 e. The number of fused-ring (bicyclic) bond motifs is 1. The summed E-state index contributed by atoms with van der Waals surface area (Å²) in [7, 11) is 3.12. The van der Waals surface area contributed by atoms with Crippen LogP contribution in [0.25, 0.3) is 0 Å². The van der Waals surface area contributed by atoms with Crippen molar-refractivity contribution in [2.24, 2.45) is 5.41 Å². The Balaban J connectivity index is 2.38. The van der Waals surface area contributed by atoms with Gasteiger partial charge in [-0.2, -0.15) is 0 Å². The number of methoxy groups -OCH3 is 2. The molecule has 1 heterocycles. The lowest BCUT2D eigenvalue weighted by atomic mass is 9.90. The number of rotatable bonds is 5. The van der Waals surface area contributed by atoms with Crippen LogP contribution >= 0.6 is 0 Å². The van der Waals surface area contributed by atoms with Crippen molar-refractivity contribution in [3.05, 3.63) is 23.0 Å². The molecule has 0 aliphatic heterocycles. The average Bonchev–Trinajstić information content (AvgIpc) is 2.78. The van der Waals surface area contributed by atoms with Gasteiger partial charge in [0.1, 0.15) is 5.69 Å². The van der Waals surface area contributed by atoms with Crippen LogP contribution in [0.5, 0.6) is 0 Å². The van der Waals surface area contributed by atoms with Gasteiger partial charge in [-0.05, 0) is 29.9 Å². The minimum Gasteiger partial charge on any atom is -0.477 e. The molecule has 0 saturated heterocycles. The van der Waals surface area contributed by atoms with Gasteiger partial charge in [0.15, 0.2) is 6.29 Å². The van der Waals surface area contributed by atoms with Crippen LogP contribution in [-0.2, 0) is 28.9 Å². The minimum absolute atomic E-state index is 0.194. The van der Waals surface area contributed by atoms with Crippen LogP contribution in [-0.4, -0.2) is 36.2 Å². The van der Waals surface area contributed by atoms with Crippen molar-refractivity contribution in [3.63, 3.8) is 0 Å². The molecule has 5 heteroatoms. The fraction of sp³-hybridized carbons (Fsp3) is 0.643. The third-order valence-corrected chi connectivity index (χ3v) is 3.69. The Morgan fingerprint density at radius 3 is 2.58 bits per heavy atom. The number of ether oxygens (including phenoxy) is 2. The summed E-state index contributed by atoms with van der Waals surface area (Å²) in [6.07, 6.45) is 1.37. The number of aromatic nitrogens is 1. The van der Waals surface area contributed by atoms with E-state index in [0.29, 0.717) is 12.2 Å². The first kappa shape index (κ1) is 14.1. The topological polar surface area (TPSA) is 60.7 Å². The summed E-state index contributed by atoms with van der Waals surface area (Å²) in [6.45, 7) is 4.80. The quantitative estimate of drug-likeness (QED) is 0.828. The zero-order chi connectivity index (χ0) is 14.2. The number of carboxylic acids is 1. The van der Waals surface area contributed by atoms with E-state index in [9.17, 15) is 9.90 Å². The first-order valence-electron chi connectivity index (χ1n) is 6.38. The molecule has 0 unspecified atom stereocenters. The van der Waals surface area contributed by atoms with Gasteiger partial charge in [0, 0.05) is 19.9 Å². The van der Waals surface area contributed by atoms with E-state index >= 15 is 0 Å². The normalized spacial score (nSPS) is 16.9. The van der Waals surface area contributed by atoms with Gasteiger partial charge in [-0.3, -0.25) is 0 Å². The molecule has 19 heavy (non-hydrogen) atoms. The van der Waals surface area contributed by atoms with Crippen LogP contribution in [0, 0.1) is 5.41 Å². The monoisotopic (exact) mass is 267 g/mol. The van der Waals surface area contributed by atoms with E-state index in [-0.39, 0.29) is 5.41 Å². The first-order chi connectivity index (χ1) is 8.88. The maximum absolute atomic E-state index is 11.3. The van der Waals surface area contributed by atoms with Gasteiger partial charge in [-0.15, -0.1) is 0 Å².